The molecule has 0 nitrogen and oxygen atoms in total. The minimum Gasteiger partial charge on any atom is -0.126 e. The van der Waals surface area contributed by atoms with E-state index in [9.17, 15) is 0 Å². The Morgan fingerprint density at radius 2 is 2.36 bits per heavy atom. The maximum absolute atomic E-state index is 5.79. The van der Waals surface area contributed by atoms with Gasteiger partial charge in [-0.2, -0.15) is 0 Å². The first kappa shape index (κ1) is 9.12. The molecular formula is C10H17Cl. The quantitative estimate of drug-likeness (QED) is 0.438. The van der Waals surface area contributed by atoms with Gasteiger partial charge in [0.05, 0.1) is 0 Å². The Morgan fingerprint density at radius 3 is 2.73 bits per heavy atom. The molecular weight excluding hydrogens is 156 g/mol. The van der Waals surface area contributed by atoms with Crippen molar-refractivity contribution in [3.63, 3.8) is 0 Å². The molecule has 0 aromatic rings. The first-order chi connectivity index (χ1) is 5.36. The van der Waals surface area contributed by atoms with Crippen molar-refractivity contribution in [2.75, 3.05) is 5.88 Å². The molecule has 0 heterocycles. The molecule has 11 heavy (non-hydrogen) atoms. The fourth-order valence-corrected chi connectivity index (χ4v) is 1.73. The van der Waals surface area contributed by atoms with Crippen LogP contribution in [0.2, 0.25) is 0 Å². The largest absolute Gasteiger partial charge is 0.126 e. The Hall–Kier alpha value is 0.0300. The van der Waals surface area contributed by atoms with Gasteiger partial charge in [-0.05, 0) is 31.6 Å². The summed E-state index contributed by atoms with van der Waals surface area (Å²) < 4.78 is 0. The number of halogens is 1. The third-order valence-corrected chi connectivity index (χ3v) is 3.00. The predicted octanol–water partition coefficient (Wildman–Crippen LogP) is 3.75. The molecule has 0 fully saturated rings. The first-order valence-corrected chi connectivity index (χ1v) is 5.14. The molecule has 0 saturated carbocycles. The molecule has 0 bridgehead atoms. The van der Waals surface area contributed by atoms with Gasteiger partial charge in [-0.1, -0.05) is 25.0 Å². The number of hydrogen-bond acceptors (Lipinski definition) is 0. The summed E-state index contributed by atoms with van der Waals surface area (Å²) in [6.45, 7) is 2.22. The van der Waals surface area contributed by atoms with Crippen LogP contribution in [0.25, 0.3) is 0 Å². The van der Waals surface area contributed by atoms with Crippen LogP contribution >= 0.6 is 11.6 Å². The van der Waals surface area contributed by atoms with E-state index < -0.39 is 0 Å². The van der Waals surface area contributed by atoms with Gasteiger partial charge in [0.1, 0.15) is 0 Å². The molecule has 64 valence electrons. The first-order valence-electron chi connectivity index (χ1n) is 4.60. The average Bonchev–Trinajstić information content (AvgIpc) is 1.95. The van der Waals surface area contributed by atoms with Gasteiger partial charge in [0.25, 0.3) is 0 Å². The highest BCUT2D eigenvalue weighted by Crippen LogP contribution is 2.25. The van der Waals surface area contributed by atoms with Crippen molar-refractivity contribution >= 4 is 11.6 Å². The molecule has 0 aliphatic heterocycles. The van der Waals surface area contributed by atoms with Crippen LogP contribution in [-0.4, -0.2) is 5.88 Å². The summed E-state index contributed by atoms with van der Waals surface area (Å²) in [4.78, 5) is 0. The van der Waals surface area contributed by atoms with Gasteiger partial charge in [0.15, 0.2) is 0 Å². The third kappa shape index (κ3) is 2.86. The zero-order valence-corrected chi connectivity index (χ0v) is 8.03. The molecule has 1 aliphatic rings. The van der Waals surface area contributed by atoms with Crippen molar-refractivity contribution in [2.45, 2.75) is 39.0 Å². The molecule has 1 rings (SSSR count). The lowest BCUT2D eigenvalue weighted by Gasteiger charge is -2.17. The Kier molecular flexibility index (Phi) is 3.99. The Labute approximate surface area is 74.6 Å². The van der Waals surface area contributed by atoms with E-state index in [0.29, 0.717) is 0 Å². The molecule has 0 amide bonds. The second kappa shape index (κ2) is 4.82. The SMILES string of the molecule is CCC(CCl)CCC1=CCC1. The standard InChI is InChI=1S/C10H17Cl/c1-2-9(8-11)6-7-10-4-3-5-10/h4,9H,2-3,5-8H2,1H3. The molecule has 0 spiro atoms. The van der Waals surface area contributed by atoms with E-state index in [4.69, 9.17) is 11.6 Å². The van der Waals surface area contributed by atoms with Crippen molar-refractivity contribution < 1.29 is 0 Å². The Balaban J connectivity index is 2.09. The zero-order valence-electron chi connectivity index (χ0n) is 7.28. The molecule has 0 saturated heterocycles. The topological polar surface area (TPSA) is 0 Å². The summed E-state index contributed by atoms with van der Waals surface area (Å²) in [5, 5.41) is 0. The van der Waals surface area contributed by atoms with Gasteiger partial charge >= 0.3 is 0 Å². The van der Waals surface area contributed by atoms with Crippen LogP contribution in [0.5, 0.6) is 0 Å². The fourth-order valence-electron chi connectivity index (χ4n) is 1.36. The van der Waals surface area contributed by atoms with Gasteiger partial charge in [-0.15, -0.1) is 11.6 Å². The van der Waals surface area contributed by atoms with Crippen molar-refractivity contribution in [1.29, 1.82) is 0 Å². The van der Waals surface area contributed by atoms with E-state index in [1.165, 1.54) is 32.1 Å². The lowest BCUT2D eigenvalue weighted by molar-refractivity contribution is 0.511. The number of allylic oxidation sites excluding steroid dienone is 2. The third-order valence-electron chi connectivity index (χ3n) is 2.57. The van der Waals surface area contributed by atoms with E-state index in [2.05, 4.69) is 13.0 Å². The molecule has 1 aliphatic carbocycles. The Morgan fingerprint density at radius 1 is 1.64 bits per heavy atom. The van der Waals surface area contributed by atoms with Crippen LogP contribution in [-0.2, 0) is 0 Å². The van der Waals surface area contributed by atoms with E-state index >= 15 is 0 Å². The molecule has 0 N–H and O–H groups in total. The van der Waals surface area contributed by atoms with Crippen LogP contribution < -0.4 is 0 Å². The van der Waals surface area contributed by atoms with Gasteiger partial charge in [-0.3, -0.25) is 0 Å². The van der Waals surface area contributed by atoms with Crippen LogP contribution in [0.15, 0.2) is 11.6 Å². The fraction of sp³-hybridized carbons (Fsp3) is 0.800. The van der Waals surface area contributed by atoms with E-state index in [-0.39, 0.29) is 0 Å². The number of rotatable bonds is 5. The molecule has 0 radical (unpaired) electrons. The summed E-state index contributed by atoms with van der Waals surface area (Å²) in [7, 11) is 0. The molecule has 1 heteroatoms. The maximum atomic E-state index is 5.79. The second-order valence-corrected chi connectivity index (χ2v) is 3.68. The van der Waals surface area contributed by atoms with Crippen LogP contribution in [0.3, 0.4) is 0 Å². The van der Waals surface area contributed by atoms with E-state index in [1.807, 2.05) is 0 Å². The van der Waals surface area contributed by atoms with Gasteiger partial charge < -0.3 is 0 Å². The smallest absolute Gasteiger partial charge is 0.0251 e. The van der Waals surface area contributed by atoms with Crippen LogP contribution in [0, 0.1) is 5.92 Å². The van der Waals surface area contributed by atoms with E-state index in [0.717, 1.165) is 11.8 Å². The van der Waals surface area contributed by atoms with Crippen molar-refractivity contribution in [3.05, 3.63) is 11.6 Å². The molecule has 0 aromatic heterocycles. The van der Waals surface area contributed by atoms with Gasteiger partial charge in [-0.25, -0.2) is 0 Å². The average molecular weight is 173 g/mol. The molecule has 1 atom stereocenters. The monoisotopic (exact) mass is 172 g/mol. The van der Waals surface area contributed by atoms with Crippen LogP contribution in [0.1, 0.15) is 39.0 Å². The lowest BCUT2D eigenvalue weighted by Crippen LogP contribution is -2.03. The van der Waals surface area contributed by atoms with Crippen molar-refractivity contribution in [1.82, 2.24) is 0 Å². The summed E-state index contributed by atoms with van der Waals surface area (Å²) in [5.74, 6) is 1.59. The minimum atomic E-state index is 0.748. The maximum Gasteiger partial charge on any atom is 0.0251 e. The highest BCUT2D eigenvalue weighted by atomic mass is 35.5. The number of alkyl halides is 1. The summed E-state index contributed by atoms with van der Waals surface area (Å²) >= 11 is 5.79. The highest BCUT2D eigenvalue weighted by Gasteiger charge is 2.09. The second-order valence-electron chi connectivity index (χ2n) is 3.37. The zero-order chi connectivity index (χ0) is 8.10. The summed E-state index contributed by atoms with van der Waals surface area (Å²) in [6.07, 6.45) is 8.85. The van der Waals surface area contributed by atoms with E-state index in [1.54, 1.807) is 5.57 Å². The Bertz CT molecular complexity index is 134. The van der Waals surface area contributed by atoms with Crippen molar-refractivity contribution in [2.24, 2.45) is 5.92 Å². The van der Waals surface area contributed by atoms with Crippen molar-refractivity contribution in [3.8, 4) is 0 Å². The minimum absolute atomic E-state index is 0.748. The number of hydrogen-bond donors (Lipinski definition) is 0. The van der Waals surface area contributed by atoms with Gasteiger partial charge in [0.2, 0.25) is 0 Å². The predicted molar refractivity (Wildman–Crippen MR) is 51.1 cm³/mol. The highest BCUT2D eigenvalue weighted by molar-refractivity contribution is 6.18. The molecule has 0 aromatic carbocycles. The summed E-state index contributed by atoms with van der Waals surface area (Å²) in [6, 6.07) is 0. The van der Waals surface area contributed by atoms with Gasteiger partial charge in [0, 0.05) is 5.88 Å². The van der Waals surface area contributed by atoms with Crippen LogP contribution in [0.4, 0.5) is 0 Å². The normalized spacial score (nSPS) is 18.9. The summed E-state index contributed by atoms with van der Waals surface area (Å²) in [5.41, 5.74) is 1.66. The lowest BCUT2D eigenvalue weighted by atomic mass is 9.91. The molecule has 1 unspecified atom stereocenters.